The summed E-state index contributed by atoms with van der Waals surface area (Å²) in [5.74, 6) is 3.49. The largest absolute Gasteiger partial charge is 0.508 e. The maximum absolute atomic E-state index is 13.4. The lowest BCUT2D eigenvalue weighted by Crippen LogP contribution is -2.07. The topological polar surface area (TPSA) is 46.5 Å². The van der Waals surface area contributed by atoms with Gasteiger partial charge in [0.1, 0.15) is 5.75 Å². The fourth-order valence-electron chi connectivity index (χ4n) is 2.87. The van der Waals surface area contributed by atoms with Gasteiger partial charge in [-0.25, -0.2) is 9.74 Å². The minimum Gasteiger partial charge on any atom is -0.508 e. The first kappa shape index (κ1) is 29.2. The van der Waals surface area contributed by atoms with Crippen molar-refractivity contribution < 1.29 is 32.5 Å². The van der Waals surface area contributed by atoms with Gasteiger partial charge in [-0.05, 0) is 60.9 Å². The van der Waals surface area contributed by atoms with E-state index in [0.717, 1.165) is 24.1 Å². The molecule has 2 aromatic carbocycles. The van der Waals surface area contributed by atoms with Gasteiger partial charge in [0.05, 0.1) is 11.1 Å². The molecule has 0 fully saturated rings. The molecule has 0 radical (unpaired) electrons. The quantitative estimate of drug-likeness (QED) is 0.253. The van der Waals surface area contributed by atoms with Gasteiger partial charge in [0.2, 0.25) is 0 Å². The van der Waals surface area contributed by atoms with Gasteiger partial charge in [0.25, 0.3) is 0 Å². The van der Waals surface area contributed by atoms with Crippen LogP contribution >= 0.6 is 0 Å². The molecule has 0 amide bonds. The van der Waals surface area contributed by atoms with E-state index in [1.807, 2.05) is 26.8 Å². The lowest BCUT2D eigenvalue weighted by Gasteiger charge is -2.10. The molecule has 7 heteroatoms. The van der Waals surface area contributed by atoms with E-state index in [-0.39, 0.29) is 11.1 Å². The van der Waals surface area contributed by atoms with Gasteiger partial charge >= 0.3 is 12.1 Å². The molecule has 35 heavy (non-hydrogen) atoms. The highest BCUT2D eigenvalue weighted by atomic mass is 19.4. The third-order valence-corrected chi connectivity index (χ3v) is 4.48. The second-order valence-electron chi connectivity index (χ2n) is 7.23. The smallest absolute Gasteiger partial charge is 0.417 e. The van der Waals surface area contributed by atoms with Crippen molar-refractivity contribution in [1.82, 2.24) is 0 Å². The summed E-state index contributed by atoms with van der Waals surface area (Å²) in [6, 6.07) is 6.86. The second-order valence-corrected chi connectivity index (χ2v) is 7.23. The van der Waals surface area contributed by atoms with Gasteiger partial charge in [-0.2, -0.15) is 13.2 Å². The minimum atomic E-state index is -4.71. The summed E-state index contributed by atoms with van der Waals surface area (Å²) in [5.41, 5.74) is 0.657. The molecule has 0 saturated heterocycles. The fourth-order valence-corrected chi connectivity index (χ4v) is 2.87. The van der Waals surface area contributed by atoms with Crippen molar-refractivity contribution in [2.75, 3.05) is 0 Å². The van der Waals surface area contributed by atoms with Crippen LogP contribution in [0, 0.1) is 11.8 Å². The second kappa shape index (κ2) is 13.8. The molecule has 0 bridgehead atoms. The molecule has 2 rings (SSSR count). The Morgan fingerprint density at radius 2 is 1.71 bits per heavy atom. The molecule has 0 aliphatic rings. The number of alkyl halides is 3. The van der Waals surface area contributed by atoms with E-state index < -0.39 is 23.5 Å². The summed E-state index contributed by atoms with van der Waals surface area (Å²) in [6.45, 7) is 11.6. The Bertz CT molecular complexity index is 1160. The molecule has 0 unspecified atom stereocenters. The lowest BCUT2D eigenvalue weighted by atomic mass is 9.95. The van der Waals surface area contributed by atoms with Crippen LogP contribution in [0.5, 0.6) is 5.75 Å². The van der Waals surface area contributed by atoms with Crippen molar-refractivity contribution in [2.45, 2.75) is 46.7 Å². The molecule has 0 atom stereocenters. The van der Waals surface area contributed by atoms with E-state index in [9.17, 15) is 27.6 Å². The van der Waals surface area contributed by atoms with E-state index in [4.69, 9.17) is 0 Å². The number of carbonyl (C=O) groups is 1. The van der Waals surface area contributed by atoms with Crippen LogP contribution in [0.15, 0.2) is 66.8 Å². The van der Waals surface area contributed by atoms with Crippen LogP contribution in [0.3, 0.4) is 0 Å². The zero-order valence-corrected chi connectivity index (χ0v) is 20.1. The zero-order valence-electron chi connectivity index (χ0n) is 20.1. The Hall–Kier alpha value is -3.79. The molecule has 2 aromatic rings. The minimum absolute atomic E-state index is 0.0789. The summed E-state index contributed by atoms with van der Waals surface area (Å²) in [7, 11) is 0. The van der Waals surface area contributed by atoms with Crippen molar-refractivity contribution in [3.8, 4) is 17.6 Å². The molecule has 3 nitrogen and oxygen atoms in total. The van der Waals surface area contributed by atoms with Crippen molar-refractivity contribution in [1.29, 1.82) is 0 Å². The molecule has 1 N–H and O–H groups in total. The highest BCUT2D eigenvalue weighted by Gasteiger charge is 2.33. The third kappa shape index (κ3) is 8.82. The Balaban J connectivity index is 0.00000298. The summed E-state index contributed by atoms with van der Waals surface area (Å²) in [5, 5.41) is 9.45. The van der Waals surface area contributed by atoms with Crippen LogP contribution in [0.2, 0.25) is 0 Å². The summed E-state index contributed by atoms with van der Waals surface area (Å²) >= 11 is 0. The summed E-state index contributed by atoms with van der Waals surface area (Å²) in [6.07, 6.45) is 2.14. The van der Waals surface area contributed by atoms with Crippen LogP contribution in [0.25, 0.3) is 5.57 Å². The van der Waals surface area contributed by atoms with Crippen molar-refractivity contribution >= 4 is 11.5 Å². The number of allylic oxidation sites excluding steroid dienone is 5. The Morgan fingerprint density at radius 1 is 1.09 bits per heavy atom. The monoisotopic (exact) mass is 488 g/mol. The van der Waals surface area contributed by atoms with E-state index in [2.05, 4.69) is 23.4 Å². The number of unbranched alkanes of at least 4 members (excludes halogenated alkanes) is 1. The van der Waals surface area contributed by atoms with Crippen molar-refractivity contribution in [2.24, 2.45) is 0 Å². The first-order chi connectivity index (χ1) is 16.6. The average molecular weight is 489 g/mol. The summed E-state index contributed by atoms with van der Waals surface area (Å²) in [4.78, 5) is 15.0. The number of phenols is 1. The number of hydrogen-bond acceptors (Lipinski definition) is 3. The van der Waals surface area contributed by atoms with Crippen LogP contribution in [-0.2, 0) is 11.1 Å². The first-order valence-corrected chi connectivity index (χ1v) is 11.0. The predicted octanol–water partition coefficient (Wildman–Crippen LogP) is 8.19. The third-order valence-electron chi connectivity index (χ3n) is 4.48. The zero-order chi connectivity index (χ0) is 26.6. The molecule has 0 saturated carbocycles. The normalized spacial score (nSPS) is 11.3. The fraction of sp³-hybridized carbons (Fsp3) is 0.250. The van der Waals surface area contributed by atoms with Gasteiger partial charge in [-0.15, -0.1) is 0 Å². The van der Waals surface area contributed by atoms with Crippen LogP contribution in [-0.4, -0.2) is 11.1 Å². The van der Waals surface area contributed by atoms with Gasteiger partial charge in [0.15, 0.2) is 0 Å². The molecule has 0 aromatic heterocycles. The Kier molecular flexibility index (Phi) is 11.5. The SMILES string of the molecule is C=C(C)/C=C\C(=C/CCC)c1cc(C(=O)OF)ccc1C#Cc1ccc(O)cc1C(F)(F)F.CC. The van der Waals surface area contributed by atoms with Gasteiger partial charge in [-0.3, -0.25) is 0 Å². The Morgan fingerprint density at radius 3 is 2.29 bits per heavy atom. The number of halogens is 4. The number of aromatic hydroxyl groups is 1. The lowest BCUT2D eigenvalue weighted by molar-refractivity contribution is -0.137. The molecule has 0 aliphatic heterocycles. The maximum Gasteiger partial charge on any atom is 0.417 e. The van der Waals surface area contributed by atoms with Crippen molar-refractivity contribution in [3.05, 3.63) is 94.6 Å². The van der Waals surface area contributed by atoms with Gasteiger partial charge in [-0.1, -0.05) is 69.4 Å². The number of rotatable bonds is 6. The van der Waals surface area contributed by atoms with Crippen LogP contribution in [0.1, 0.15) is 73.1 Å². The standard InChI is InChI=1S/C26H22F4O3.C2H6/c1-4-5-6-18(8-7-17(2)3)23-15-21(25(32)33-30)12-10-19(23)9-11-20-13-14-22(31)16-24(20)26(27,28)29;1-2/h6-8,10,12-16,31H,2,4-5H2,1,3H3;1-2H3/b8-7-,18-6+;. The number of phenolic OH excluding ortho intramolecular Hbond substituents is 1. The van der Waals surface area contributed by atoms with E-state index in [0.29, 0.717) is 29.2 Å². The molecule has 186 valence electrons. The molecule has 0 heterocycles. The van der Waals surface area contributed by atoms with Crippen molar-refractivity contribution in [3.63, 3.8) is 0 Å². The van der Waals surface area contributed by atoms with E-state index >= 15 is 0 Å². The van der Waals surface area contributed by atoms with Crippen LogP contribution in [0.4, 0.5) is 17.7 Å². The molecular weight excluding hydrogens is 460 g/mol. The van der Waals surface area contributed by atoms with Crippen LogP contribution < -0.4 is 0 Å². The maximum atomic E-state index is 13.4. The molecule has 0 aliphatic carbocycles. The molecule has 0 spiro atoms. The number of hydrogen-bond donors (Lipinski definition) is 1. The van der Waals surface area contributed by atoms with E-state index in [1.54, 1.807) is 19.1 Å². The molecular formula is C28H28F4O3. The van der Waals surface area contributed by atoms with E-state index in [1.165, 1.54) is 18.2 Å². The highest BCUT2D eigenvalue weighted by molar-refractivity contribution is 5.91. The summed E-state index contributed by atoms with van der Waals surface area (Å²) < 4.78 is 52.6. The number of carbonyl (C=O) groups excluding carboxylic acids is 1. The predicted molar refractivity (Wildman–Crippen MR) is 130 cm³/mol. The Labute approximate surface area is 203 Å². The van der Waals surface area contributed by atoms with Gasteiger partial charge < -0.3 is 5.11 Å². The average Bonchev–Trinajstić information content (AvgIpc) is 2.83. The van der Waals surface area contributed by atoms with Gasteiger partial charge in [0, 0.05) is 15.7 Å². The highest BCUT2D eigenvalue weighted by Crippen LogP contribution is 2.34. The first-order valence-electron chi connectivity index (χ1n) is 11.0. The number of benzene rings is 2.